The third-order valence-electron chi connectivity index (χ3n) is 3.54. The van der Waals surface area contributed by atoms with E-state index < -0.39 is 0 Å². The lowest BCUT2D eigenvalue weighted by Gasteiger charge is -2.10. The highest BCUT2D eigenvalue weighted by Crippen LogP contribution is 2.11. The van der Waals surface area contributed by atoms with E-state index in [0.29, 0.717) is 23.4 Å². The van der Waals surface area contributed by atoms with Gasteiger partial charge in [0.2, 0.25) is 5.91 Å². The highest BCUT2D eigenvalue weighted by Gasteiger charge is 2.10. The average Bonchev–Trinajstić information content (AvgIpc) is 2.90. The summed E-state index contributed by atoms with van der Waals surface area (Å²) >= 11 is 5.21. The molecular formula is C17H21FN4OS. The van der Waals surface area contributed by atoms with Crippen LogP contribution in [0.5, 0.6) is 0 Å². The number of H-pyrrole nitrogens is 1. The van der Waals surface area contributed by atoms with Crippen molar-refractivity contribution in [3.05, 3.63) is 51.8 Å². The number of nitrogens with zero attached hydrogens (tertiary/aromatic N) is 2. The van der Waals surface area contributed by atoms with Gasteiger partial charge in [0.25, 0.3) is 0 Å². The molecule has 0 aliphatic carbocycles. The lowest BCUT2D eigenvalue weighted by atomic mass is 10.1. The molecule has 1 aromatic heterocycles. The molecule has 0 bridgehead atoms. The zero-order valence-corrected chi connectivity index (χ0v) is 14.8. The Hall–Kier alpha value is -2.28. The average molecular weight is 348 g/mol. The van der Waals surface area contributed by atoms with Crippen molar-refractivity contribution >= 4 is 24.2 Å². The topological polar surface area (TPSA) is 62.7 Å². The summed E-state index contributed by atoms with van der Waals surface area (Å²) < 4.78 is 15.3. The van der Waals surface area contributed by atoms with E-state index >= 15 is 0 Å². The Labute approximate surface area is 145 Å². The Morgan fingerprint density at radius 3 is 2.71 bits per heavy atom. The number of carbonyl (C=O) groups excluding carboxylic acids is 1. The van der Waals surface area contributed by atoms with Crippen molar-refractivity contribution < 1.29 is 9.18 Å². The van der Waals surface area contributed by atoms with Crippen molar-refractivity contribution in [1.82, 2.24) is 20.1 Å². The van der Waals surface area contributed by atoms with Gasteiger partial charge in [-0.2, -0.15) is 5.10 Å². The molecule has 0 spiro atoms. The number of benzene rings is 1. The van der Waals surface area contributed by atoms with Gasteiger partial charge in [-0.1, -0.05) is 26.0 Å². The van der Waals surface area contributed by atoms with Crippen molar-refractivity contribution in [2.45, 2.75) is 33.2 Å². The van der Waals surface area contributed by atoms with Crippen molar-refractivity contribution in [1.29, 1.82) is 0 Å². The van der Waals surface area contributed by atoms with Gasteiger partial charge in [0.15, 0.2) is 4.77 Å². The number of halogens is 1. The van der Waals surface area contributed by atoms with Crippen LogP contribution < -0.4 is 5.32 Å². The molecule has 24 heavy (non-hydrogen) atoms. The Morgan fingerprint density at radius 1 is 1.42 bits per heavy atom. The van der Waals surface area contributed by atoms with Crippen LogP contribution in [0, 0.1) is 10.6 Å². The minimum atomic E-state index is -0.299. The molecule has 2 aromatic rings. The number of hydrogen-bond acceptors (Lipinski definition) is 3. The Morgan fingerprint density at radius 2 is 2.08 bits per heavy atom. The first-order valence-corrected chi connectivity index (χ1v) is 8.16. The van der Waals surface area contributed by atoms with E-state index in [1.807, 2.05) is 18.4 Å². The van der Waals surface area contributed by atoms with Gasteiger partial charge in [0.05, 0.1) is 0 Å². The summed E-state index contributed by atoms with van der Waals surface area (Å²) in [5.74, 6) is 0.647. The van der Waals surface area contributed by atoms with Crippen LogP contribution >= 0.6 is 12.2 Å². The first kappa shape index (κ1) is 18.1. The minimum absolute atomic E-state index is 0.166. The molecular weight excluding hydrogens is 327 g/mol. The van der Waals surface area contributed by atoms with Gasteiger partial charge in [0.1, 0.15) is 11.6 Å². The van der Waals surface area contributed by atoms with Gasteiger partial charge in [-0.15, -0.1) is 0 Å². The van der Waals surface area contributed by atoms with E-state index in [1.54, 1.807) is 25.1 Å². The maximum atomic E-state index is 12.9. The van der Waals surface area contributed by atoms with Gasteiger partial charge >= 0.3 is 0 Å². The summed E-state index contributed by atoms with van der Waals surface area (Å²) in [6, 6.07) is 5.99. The maximum Gasteiger partial charge on any atom is 0.246 e. The van der Waals surface area contributed by atoms with Crippen LogP contribution in [0.25, 0.3) is 6.08 Å². The zero-order chi connectivity index (χ0) is 17.7. The fourth-order valence-electron chi connectivity index (χ4n) is 2.28. The predicted octanol–water partition coefficient (Wildman–Crippen LogP) is 3.42. The minimum Gasteiger partial charge on any atom is -0.351 e. The predicted molar refractivity (Wildman–Crippen MR) is 94.6 cm³/mol. The molecule has 0 unspecified atom stereocenters. The van der Waals surface area contributed by atoms with Gasteiger partial charge in [-0.05, 0) is 42.9 Å². The third-order valence-corrected chi connectivity index (χ3v) is 3.85. The van der Waals surface area contributed by atoms with Crippen molar-refractivity contribution in [3.8, 4) is 0 Å². The SMILES string of the molecule is C/C(=C\c1ccc(F)cc1)C(=O)NCCn1c(C(C)C)n[nH]c1=S. The lowest BCUT2D eigenvalue weighted by Crippen LogP contribution is -2.28. The van der Waals surface area contributed by atoms with Crippen LogP contribution in [0.1, 0.15) is 38.1 Å². The Balaban J connectivity index is 1.95. The standard InChI is InChI=1S/C17H21FN4OS/c1-11(2)15-20-21-17(24)22(15)9-8-19-16(23)12(3)10-13-4-6-14(18)7-5-13/h4-7,10-11H,8-9H2,1-3H3,(H,19,23)(H,21,24)/b12-10+. The molecule has 1 amide bonds. The molecule has 2 N–H and O–H groups in total. The number of hydrogen-bond donors (Lipinski definition) is 2. The van der Waals surface area contributed by atoms with E-state index in [9.17, 15) is 9.18 Å². The third kappa shape index (κ3) is 4.61. The van der Waals surface area contributed by atoms with Crippen LogP contribution in [0.15, 0.2) is 29.8 Å². The van der Waals surface area contributed by atoms with Crippen LogP contribution in [0.4, 0.5) is 4.39 Å². The molecule has 0 saturated heterocycles. The smallest absolute Gasteiger partial charge is 0.246 e. The molecule has 0 aliphatic heterocycles. The van der Waals surface area contributed by atoms with Crippen LogP contribution in [0.2, 0.25) is 0 Å². The number of aromatic nitrogens is 3. The zero-order valence-electron chi connectivity index (χ0n) is 14.0. The second kappa shape index (κ2) is 8.01. The van der Waals surface area contributed by atoms with E-state index in [-0.39, 0.29) is 17.6 Å². The van der Waals surface area contributed by atoms with Gasteiger partial charge in [0, 0.05) is 24.6 Å². The van der Waals surface area contributed by atoms with E-state index in [0.717, 1.165) is 11.4 Å². The summed E-state index contributed by atoms with van der Waals surface area (Å²) in [5, 5.41) is 9.84. The lowest BCUT2D eigenvalue weighted by molar-refractivity contribution is -0.117. The van der Waals surface area contributed by atoms with Crippen LogP contribution in [-0.2, 0) is 11.3 Å². The molecule has 0 atom stereocenters. The molecule has 2 rings (SSSR count). The molecule has 5 nitrogen and oxygen atoms in total. The largest absolute Gasteiger partial charge is 0.351 e. The number of aromatic amines is 1. The fraction of sp³-hybridized carbons (Fsp3) is 0.353. The van der Waals surface area contributed by atoms with E-state index in [2.05, 4.69) is 15.5 Å². The van der Waals surface area contributed by atoms with Gasteiger partial charge < -0.3 is 9.88 Å². The molecule has 1 aromatic carbocycles. The highest BCUT2D eigenvalue weighted by molar-refractivity contribution is 7.71. The first-order valence-electron chi connectivity index (χ1n) is 7.75. The normalized spacial score (nSPS) is 11.8. The molecule has 128 valence electrons. The maximum absolute atomic E-state index is 12.9. The molecule has 0 fully saturated rings. The molecule has 7 heteroatoms. The summed E-state index contributed by atoms with van der Waals surface area (Å²) in [5.41, 5.74) is 1.34. The highest BCUT2D eigenvalue weighted by atomic mass is 32.1. The van der Waals surface area contributed by atoms with Gasteiger partial charge in [-0.25, -0.2) is 4.39 Å². The molecule has 1 heterocycles. The summed E-state index contributed by atoms with van der Waals surface area (Å²) in [6.45, 7) is 6.80. The first-order chi connectivity index (χ1) is 11.4. The summed E-state index contributed by atoms with van der Waals surface area (Å²) in [6.07, 6.45) is 1.72. The van der Waals surface area contributed by atoms with Crippen LogP contribution in [0.3, 0.4) is 0 Å². The quantitative estimate of drug-likeness (QED) is 0.621. The van der Waals surface area contributed by atoms with E-state index in [4.69, 9.17) is 12.2 Å². The summed E-state index contributed by atoms with van der Waals surface area (Å²) in [4.78, 5) is 12.1. The van der Waals surface area contributed by atoms with Crippen molar-refractivity contribution in [2.75, 3.05) is 6.54 Å². The Kier molecular flexibility index (Phi) is 6.03. The van der Waals surface area contributed by atoms with E-state index in [1.165, 1.54) is 12.1 Å². The second-order valence-corrected chi connectivity index (χ2v) is 6.21. The van der Waals surface area contributed by atoms with Gasteiger partial charge in [-0.3, -0.25) is 9.89 Å². The number of nitrogens with one attached hydrogen (secondary N) is 2. The molecule has 0 radical (unpaired) electrons. The number of rotatable bonds is 6. The second-order valence-electron chi connectivity index (χ2n) is 5.83. The van der Waals surface area contributed by atoms with Crippen molar-refractivity contribution in [2.24, 2.45) is 0 Å². The monoisotopic (exact) mass is 348 g/mol. The number of carbonyl (C=O) groups is 1. The molecule has 0 aliphatic rings. The number of amides is 1. The fourth-order valence-corrected chi connectivity index (χ4v) is 2.51. The van der Waals surface area contributed by atoms with Crippen molar-refractivity contribution in [3.63, 3.8) is 0 Å². The Bertz CT molecular complexity index is 790. The van der Waals surface area contributed by atoms with Crippen LogP contribution in [-0.4, -0.2) is 27.2 Å². The summed E-state index contributed by atoms with van der Waals surface area (Å²) in [7, 11) is 0. The molecule has 0 saturated carbocycles.